The van der Waals surface area contributed by atoms with Gasteiger partial charge in [-0.2, -0.15) is 0 Å². The summed E-state index contributed by atoms with van der Waals surface area (Å²) in [5.41, 5.74) is 5.67. The van der Waals surface area contributed by atoms with E-state index in [-0.39, 0.29) is 5.91 Å². The number of rotatable bonds is 7. The van der Waals surface area contributed by atoms with Crippen LogP contribution in [0.15, 0.2) is 53.6 Å². The molecule has 0 saturated carbocycles. The summed E-state index contributed by atoms with van der Waals surface area (Å²) in [7, 11) is 3.28. The van der Waals surface area contributed by atoms with E-state index in [1.54, 1.807) is 14.2 Å². The molecule has 3 rings (SSSR count). The van der Waals surface area contributed by atoms with Crippen LogP contribution in [0.25, 0.3) is 0 Å². The Morgan fingerprint density at radius 1 is 0.929 bits per heavy atom. The topological polar surface area (TPSA) is 47.6 Å². The van der Waals surface area contributed by atoms with Crippen molar-refractivity contribution in [2.45, 2.75) is 45.6 Å². The highest BCUT2D eigenvalue weighted by Crippen LogP contribution is 2.32. The Kier molecular flexibility index (Phi) is 6.75. The maximum absolute atomic E-state index is 12.8. The Morgan fingerprint density at radius 2 is 1.61 bits per heavy atom. The number of hydrogen-bond acceptors (Lipinski definition) is 3. The van der Waals surface area contributed by atoms with E-state index in [2.05, 4.69) is 36.5 Å². The second-order valence-corrected chi connectivity index (χ2v) is 7.32. The molecule has 1 aliphatic rings. The molecule has 0 saturated heterocycles. The molecule has 28 heavy (non-hydrogen) atoms. The van der Waals surface area contributed by atoms with E-state index in [1.165, 1.54) is 11.1 Å². The van der Waals surface area contributed by atoms with Crippen LogP contribution in [-0.4, -0.2) is 20.1 Å². The van der Waals surface area contributed by atoms with Gasteiger partial charge in [0, 0.05) is 12.1 Å². The molecule has 0 atom stereocenters. The van der Waals surface area contributed by atoms with Crippen molar-refractivity contribution in [3.05, 3.63) is 70.3 Å². The molecular formula is C24H29NO3. The summed E-state index contributed by atoms with van der Waals surface area (Å²) in [5, 5.41) is 3.10. The summed E-state index contributed by atoms with van der Waals surface area (Å²) in [6.45, 7) is 2.63. The number of carbonyl (C=O) groups excluding carboxylic acids is 1. The smallest absolute Gasteiger partial charge is 0.247 e. The van der Waals surface area contributed by atoms with Gasteiger partial charge in [0.2, 0.25) is 5.91 Å². The summed E-state index contributed by atoms with van der Waals surface area (Å²) in [5.74, 6) is 1.51. The average molecular weight is 380 g/mol. The zero-order valence-electron chi connectivity index (χ0n) is 17.0. The van der Waals surface area contributed by atoms with Crippen molar-refractivity contribution >= 4 is 5.91 Å². The predicted molar refractivity (Wildman–Crippen MR) is 112 cm³/mol. The number of hydrogen-bond donors (Lipinski definition) is 1. The van der Waals surface area contributed by atoms with E-state index in [9.17, 15) is 4.79 Å². The van der Waals surface area contributed by atoms with E-state index in [1.807, 2.05) is 18.2 Å². The molecule has 0 unspecified atom stereocenters. The van der Waals surface area contributed by atoms with Crippen LogP contribution in [0.5, 0.6) is 11.5 Å². The van der Waals surface area contributed by atoms with Crippen molar-refractivity contribution in [3.63, 3.8) is 0 Å². The minimum atomic E-state index is 0.0655. The molecule has 0 fully saturated rings. The van der Waals surface area contributed by atoms with Crippen LogP contribution >= 0.6 is 0 Å². The normalized spacial score (nSPS) is 14.0. The first-order valence-corrected chi connectivity index (χ1v) is 9.86. The summed E-state index contributed by atoms with van der Waals surface area (Å²) in [6.07, 6.45) is 4.80. The minimum absolute atomic E-state index is 0.0655. The molecule has 148 valence electrons. The largest absolute Gasteiger partial charge is 0.493 e. The molecule has 4 heteroatoms. The van der Waals surface area contributed by atoms with Crippen molar-refractivity contribution in [1.82, 2.24) is 5.32 Å². The molecule has 0 bridgehead atoms. The van der Waals surface area contributed by atoms with Crippen LogP contribution in [0, 0.1) is 6.92 Å². The summed E-state index contributed by atoms with van der Waals surface area (Å²) >= 11 is 0. The van der Waals surface area contributed by atoms with Crippen molar-refractivity contribution in [1.29, 1.82) is 0 Å². The fourth-order valence-electron chi connectivity index (χ4n) is 3.67. The van der Waals surface area contributed by atoms with Gasteiger partial charge >= 0.3 is 0 Å². The van der Waals surface area contributed by atoms with Gasteiger partial charge in [-0.05, 0) is 62.3 Å². The highest BCUT2D eigenvalue weighted by molar-refractivity contribution is 5.94. The van der Waals surface area contributed by atoms with Crippen molar-refractivity contribution in [3.8, 4) is 11.5 Å². The van der Waals surface area contributed by atoms with Gasteiger partial charge in [0.1, 0.15) is 0 Å². The fraction of sp³-hybridized carbons (Fsp3) is 0.375. The van der Waals surface area contributed by atoms with Crippen LogP contribution in [0.2, 0.25) is 0 Å². The van der Waals surface area contributed by atoms with Gasteiger partial charge in [-0.15, -0.1) is 0 Å². The molecule has 2 aromatic rings. The molecule has 0 spiro atoms. The van der Waals surface area contributed by atoms with Gasteiger partial charge in [-0.25, -0.2) is 0 Å². The number of methoxy groups -OCH3 is 2. The second-order valence-electron chi connectivity index (χ2n) is 7.32. The standard InChI is InChI=1S/C24H29NO3/c1-17-8-10-18(11-9-17)16-25-24(26)21-7-5-4-6-20(21)14-19-12-13-22(27-2)23(15-19)28-3/h8-13,15H,4-7,14,16H2,1-3H3,(H,25,26). The minimum Gasteiger partial charge on any atom is -0.493 e. The molecule has 1 N–H and O–H groups in total. The SMILES string of the molecule is COc1ccc(CC2=C(C(=O)NCc3ccc(C)cc3)CCCC2)cc1OC. The average Bonchev–Trinajstić information content (AvgIpc) is 2.73. The molecule has 1 aliphatic carbocycles. The van der Waals surface area contributed by atoms with Gasteiger partial charge in [0.25, 0.3) is 0 Å². The molecule has 2 aromatic carbocycles. The summed E-state index contributed by atoms with van der Waals surface area (Å²) in [6, 6.07) is 14.3. The van der Waals surface area contributed by atoms with E-state index in [0.717, 1.165) is 60.3 Å². The van der Waals surface area contributed by atoms with E-state index in [0.29, 0.717) is 6.54 Å². The molecule has 0 aliphatic heterocycles. The van der Waals surface area contributed by atoms with E-state index < -0.39 is 0 Å². The zero-order chi connectivity index (χ0) is 19.9. The van der Waals surface area contributed by atoms with Gasteiger partial charge in [0.05, 0.1) is 14.2 Å². The van der Waals surface area contributed by atoms with Gasteiger partial charge in [-0.3, -0.25) is 4.79 Å². The second kappa shape index (κ2) is 9.45. The highest BCUT2D eigenvalue weighted by atomic mass is 16.5. The molecular weight excluding hydrogens is 350 g/mol. The van der Waals surface area contributed by atoms with Crippen molar-refractivity contribution < 1.29 is 14.3 Å². The number of nitrogens with one attached hydrogen (secondary N) is 1. The number of aryl methyl sites for hydroxylation is 1. The van der Waals surface area contributed by atoms with Crippen molar-refractivity contribution in [2.24, 2.45) is 0 Å². The molecule has 0 aromatic heterocycles. The van der Waals surface area contributed by atoms with Gasteiger partial charge < -0.3 is 14.8 Å². The molecule has 1 amide bonds. The third-order valence-corrected chi connectivity index (χ3v) is 5.30. The zero-order valence-corrected chi connectivity index (χ0v) is 17.0. The number of benzene rings is 2. The fourth-order valence-corrected chi connectivity index (χ4v) is 3.67. The molecule has 4 nitrogen and oxygen atoms in total. The molecule has 0 radical (unpaired) electrons. The third kappa shape index (κ3) is 4.94. The first-order valence-electron chi connectivity index (χ1n) is 9.86. The number of allylic oxidation sites excluding steroid dienone is 1. The number of ether oxygens (including phenoxy) is 2. The summed E-state index contributed by atoms with van der Waals surface area (Å²) in [4.78, 5) is 12.8. The van der Waals surface area contributed by atoms with Crippen LogP contribution < -0.4 is 14.8 Å². The lowest BCUT2D eigenvalue weighted by atomic mass is 9.87. The van der Waals surface area contributed by atoms with Gasteiger partial charge in [0.15, 0.2) is 11.5 Å². The van der Waals surface area contributed by atoms with Crippen molar-refractivity contribution in [2.75, 3.05) is 14.2 Å². The number of carbonyl (C=O) groups is 1. The third-order valence-electron chi connectivity index (χ3n) is 5.30. The molecule has 0 heterocycles. The maximum atomic E-state index is 12.8. The van der Waals surface area contributed by atoms with Crippen LogP contribution in [-0.2, 0) is 17.8 Å². The lowest BCUT2D eigenvalue weighted by Crippen LogP contribution is -2.27. The van der Waals surface area contributed by atoms with Crippen LogP contribution in [0.4, 0.5) is 0 Å². The Bertz CT molecular complexity index is 853. The maximum Gasteiger partial charge on any atom is 0.247 e. The Morgan fingerprint density at radius 3 is 2.32 bits per heavy atom. The number of amides is 1. The summed E-state index contributed by atoms with van der Waals surface area (Å²) < 4.78 is 10.7. The van der Waals surface area contributed by atoms with Crippen LogP contribution in [0.1, 0.15) is 42.4 Å². The lowest BCUT2D eigenvalue weighted by Gasteiger charge is -2.21. The lowest BCUT2D eigenvalue weighted by molar-refractivity contribution is -0.117. The van der Waals surface area contributed by atoms with E-state index in [4.69, 9.17) is 9.47 Å². The Balaban J connectivity index is 1.73. The highest BCUT2D eigenvalue weighted by Gasteiger charge is 2.19. The predicted octanol–water partition coefficient (Wildman–Crippen LogP) is 4.74. The quantitative estimate of drug-likeness (QED) is 0.756. The Hall–Kier alpha value is -2.75. The van der Waals surface area contributed by atoms with E-state index >= 15 is 0 Å². The van der Waals surface area contributed by atoms with Gasteiger partial charge in [-0.1, -0.05) is 41.5 Å². The monoisotopic (exact) mass is 379 g/mol. The first kappa shape index (κ1) is 20.0. The van der Waals surface area contributed by atoms with Crippen LogP contribution in [0.3, 0.4) is 0 Å². The Labute approximate surface area is 167 Å². The first-order chi connectivity index (χ1) is 13.6.